The van der Waals surface area contributed by atoms with Crippen molar-refractivity contribution in [2.45, 2.75) is 6.18 Å². The van der Waals surface area contributed by atoms with Gasteiger partial charge in [0.15, 0.2) is 11.4 Å². The Morgan fingerprint density at radius 3 is 2.38 bits per heavy atom. The molecular formula is C15H8F3N5O. The first-order valence-electron chi connectivity index (χ1n) is 6.40. The summed E-state index contributed by atoms with van der Waals surface area (Å²) >= 11 is 0. The van der Waals surface area contributed by atoms with Gasteiger partial charge >= 0.3 is 6.18 Å². The fourth-order valence-electron chi connectivity index (χ4n) is 1.82. The zero-order chi connectivity index (χ0) is 17.7. The molecule has 0 spiro atoms. The number of rotatable bonds is 3. The Morgan fingerprint density at radius 1 is 1.21 bits per heavy atom. The van der Waals surface area contributed by atoms with Crippen LogP contribution in [0.2, 0.25) is 0 Å². The zero-order valence-corrected chi connectivity index (χ0v) is 11.8. The van der Waals surface area contributed by atoms with E-state index in [1.807, 2.05) is 0 Å². The Labute approximate surface area is 133 Å². The van der Waals surface area contributed by atoms with E-state index in [-0.39, 0.29) is 22.9 Å². The number of amides is 1. The second-order valence-corrected chi connectivity index (χ2v) is 4.44. The number of imidazole rings is 1. The van der Waals surface area contributed by atoms with Gasteiger partial charge in [0.25, 0.3) is 5.91 Å². The molecule has 0 aliphatic rings. The standard InChI is InChI=1S/C15H8F3N5O/c16-15(17,18)10(9-4-2-1-3-5-9)6-13(24)23-14-21-11(7-19)12(8-20)22-14/h1-6H,(H2,21,22,23,24)/b10-6-. The Bertz CT molecular complexity index is 838. The molecule has 6 nitrogen and oxygen atoms in total. The molecule has 0 aliphatic carbocycles. The van der Waals surface area contributed by atoms with Crippen LogP contribution in [0.1, 0.15) is 17.0 Å². The average molecular weight is 331 g/mol. The van der Waals surface area contributed by atoms with Crippen LogP contribution in [0.15, 0.2) is 36.4 Å². The lowest BCUT2D eigenvalue weighted by Gasteiger charge is -2.11. The molecule has 120 valence electrons. The molecule has 0 saturated heterocycles. The third kappa shape index (κ3) is 3.78. The highest BCUT2D eigenvalue weighted by Gasteiger charge is 2.35. The number of carbonyl (C=O) groups is 1. The number of benzene rings is 1. The minimum Gasteiger partial charge on any atom is -0.314 e. The van der Waals surface area contributed by atoms with E-state index in [1.54, 1.807) is 18.2 Å². The molecule has 24 heavy (non-hydrogen) atoms. The minimum absolute atomic E-state index is 0.171. The van der Waals surface area contributed by atoms with Gasteiger partial charge in [-0.2, -0.15) is 23.7 Å². The quantitative estimate of drug-likeness (QED) is 0.844. The molecule has 1 aromatic carbocycles. The Kier molecular flexibility index (Phi) is 4.66. The number of hydrogen-bond donors (Lipinski definition) is 2. The lowest BCUT2D eigenvalue weighted by atomic mass is 10.1. The van der Waals surface area contributed by atoms with Crippen molar-refractivity contribution in [3.8, 4) is 12.1 Å². The maximum absolute atomic E-state index is 13.1. The van der Waals surface area contributed by atoms with Crippen molar-refractivity contribution < 1.29 is 18.0 Å². The van der Waals surface area contributed by atoms with Gasteiger partial charge in [-0.1, -0.05) is 30.3 Å². The summed E-state index contributed by atoms with van der Waals surface area (Å²) in [5.74, 6) is -1.40. The summed E-state index contributed by atoms with van der Waals surface area (Å²) in [7, 11) is 0. The van der Waals surface area contributed by atoms with Crippen molar-refractivity contribution in [1.82, 2.24) is 9.97 Å². The lowest BCUT2D eigenvalue weighted by molar-refractivity contribution is -0.112. The molecule has 0 saturated carbocycles. The summed E-state index contributed by atoms with van der Waals surface area (Å²) in [6, 6.07) is 10.1. The van der Waals surface area contributed by atoms with E-state index in [4.69, 9.17) is 10.5 Å². The number of aromatic amines is 1. The Morgan fingerprint density at radius 2 is 1.88 bits per heavy atom. The molecule has 9 heteroatoms. The van der Waals surface area contributed by atoms with Crippen LogP contribution in [-0.2, 0) is 4.79 Å². The smallest absolute Gasteiger partial charge is 0.314 e. The van der Waals surface area contributed by atoms with Gasteiger partial charge in [0.1, 0.15) is 12.1 Å². The molecule has 1 amide bonds. The normalized spacial score (nSPS) is 11.5. The molecule has 2 rings (SSSR count). The first-order chi connectivity index (χ1) is 11.3. The molecule has 0 fully saturated rings. The maximum Gasteiger partial charge on any atom is 0.417 e. The molecule has 0 aliphatic heterocycles. The summed E-state index contributed by atoms with van der Waals surface area (Å²) in [4.78, 5) is 17.8. The molecule has 0 unspecified atom stereocenters. The highest BCUT2D eigenvalue weighted by molar-refractivity contribution is 6.03. The highest BCUT2D eigenvalue weighted by Crippen LogP contribution is 2.33. The van der Waals surface area contributed by atoms with Crippen molar-refractivity contribution in [2.24, 2.45) is 0 Å². The fourth-order valence-corrected chi connectivity index (χ4v) is 1.82. The second-order valence-electron chi connectivity index (χ2n) is 4.44. The van der Waals surface area contributed by atoms with Crippen LogP contribution < -0.4 is 5.32 Å². The van der Waals surface area contributed by atoms with E-state index >= 15 is 0 Å². The SMILES string of the molecule is N#Cc1nc(NC(=O)/C=C(/c2ccccc2)C(F)(F)F)[nH]c1C#N. The fraction of sp³-hybridized carbons (Fsp3) is 0.0667. The Hall–Kier alpha value is -3.59. The number of anilines is 1. The van der Waals surface area contributed by atoms with Gasteiger partial charge in [-0.15, -0.1) is 0 Å². The summed E-state index contributed by atoms with van der Waals surface area (Å²) < 4.78 is 39.4. The van der Waals surface area contributed by atoms with Gasteiger partial charge in [0.2, 0.25) is 5.95 Å². The van der Waals surface area contributed by atoms with Gasteiger partial charge in [-0.25, -0.2) is 4.98 Å². The molecule has 1 heterocycles. The van der Waals surface area contributed by atoms with Crippen molar-refractivity contribution in [1.29, 1.82) is 10.5 Å². The van der Waals surface area contributed by atoms with Gasteiger partial charge in [-0.3, -0.25) is 10.1 Å². The first kappa shape index (κ1) is 16.8. The number of nitrogens with zero attached hydrogens (tertiary/aromatic N) is 3. The van der Waals surface area contributed by atoms with E-state index < -0.39 is 17.7 Å². The number of H-pyrrole nitrogens is 1. The van der Waals surface area contributed by atoms with E-state index in [9.17, 15) is 18.0 Å². The summed E-state index contributed by atoms with van der Waals surface area (Å²) in [6.45, 7) is 0. The highest BCUT2D eigenvalue weighted by atomic mass is 19.4. The molecular weight excluding hydrogens is 323 g/mol. The monoisotopic (exact) mass is 331 g/mol. The number of allylic oxidation sites excluding steroid dienone is 1. The predicted molar refractivity (Wildman–Crippen MR) is 77.1 cm³/mol. The molecule has 2 aromatic rings. The number of halogens is 3. The van der Waals surface area contributed by atoms with Crippen LogP contribution in [0, 0.1) is 22.7 Å². The third-order valence-electron chi connectivity index (χ3n) is 2.83. The molecule has 0 bridgehead atoms. The van der Waals surface area contributed by atoms with Crippen LogP contribution in [0.3, 0.4) is 0 Å². The van der Waals surface area contributed by atoms with Gasteiger partial charge < -0.3 is 4.98 Å². The molecule has 1 aromatic heterocycles. The number of hydrogen-bond acceptors (Lipinski definition) is 4. The third-order valence-corrected chi connectivity index (χ3v) is 2.83. The maximum atomic E-state index is 13.1. The van der Waals surface area contributed by atoms with Gasteiger partial charge in [-0.05, 0) is 5.56 Å². The van der Waals surface area contributed by atoms with E-state index in [0.717, 1.165) is 0 Å². The summed E-state index contributed by atoms with van der Waals surface area (Å²) in [6.07, 6.45) is -4.35. The Balaban J connectivity index is 2.31. The average Bonchev–Trinajstić information content (AvgIpc) is 2.94. The number of nitrogens with one attached hydrogen (secondary N) is 2. The summed E-state index contributed by atoms with van der Waals surface area (Å²) in [5.41, 5.74) is -1.77. The first-order valence-corrected chi connectivity index (χ1v) is 6.40. The van der Waals surface area contributed by atoms with Crippen molar-refractivity contribution in [2.75, 3.05) is 5.32 Å². The van der Waals surface area contributed by atoms with Crippen LogP contribution in [0.25, 0.3) is 5.57 Å². The van der Waals surface area contributed by atoms with Crippen molar-refractivity contribution in [3.63, 3.8) is 0 Å². The van der Waals surface area contributed by atoms with Crippen molar-refractivity contribution >= 4 is 17.4 Å². The minimum atomic E-state index is -4.74. The second kappa shape index (κ2) is 6.67. The van der Waals surface area contributed by atoms with Crippen LogP contribution >= 0.6 is 0 Å². The lowest BCUT2D eigenvalue weighted by Crippen LogP contribution is -2.16. The number of nitriles is 2. The van der Waals surface area contributed by atoms with E-state index in [1.165, 1.54) is 24.3 Å². The molecule has 2 N–H and O–H groups in total. The largest absolute Gasteiger partial charge is 0.417 e. The van der Waals surface area contributed by atoms with E-state index in [0.29, 0.717) is 6.08 Å². The number of aromatic nitrogens is 2. The van der Waals surface area contributed by atoms with E-state index in [2.05, 4.69) is 15.3 Å². The van der Waals surface area contributed by atoms with Crippen molar-refractivity contribution in [3.05, 3.63) is 53.4 Å². The molecule has 0 radical (unpaired) electrons. The number of carbonyl (C=O) groups excluding carboxylic acids is 1. The van der Waals surface area contributed by atoms with Crippen LogP contribution in [-0.4, -0.2) is 22.1 Å². The van der Waals surface area contributed by atoms with Crippen LogP contribution in [0.5, 0.6) is 0 Å². The molecule has 0 atom stereocenters. The zero-order valence-electron chi connectivity index (χ0n) is 11.8. The predicted octanol–water partition coefficient (Wildman–Crippen LogP) is 2.74. The number of alkyl halides is 3. The van der Waals surface area contributed by atoms with Gasteiger partial charge in [0.05, 0.1) is 5.57 Å². The van der Waals surface area contributed by atoms with Crippen LogP contribution in [0.4, 0.5) is 19.1 Å². The summed E-state index contributed by atoms with van der Waals surface area (Å²) in [5, 5.41) is 19.6. The van der Waals surface area contributed by atoms with Gasteiger partial charge in [0, 0.05) is 6.08 Å². The topological polar surface area (TPSA) is 105 Å².